The number of anilines is 2. The van der Waals surface area contributed by atoms with Crippen LogP contribution in [0.3, 0.4) is 0 Å². The molecule has 1 aliphatic heterocycles. The highest BCUT2D eigenvalue weighted by atomic mass is 19.1. The van der Waals surface area contributed by atoms with Gasteiger partial charge in [0.2, 0.25) is 5.91 Å². The van der Waals surface area contributed by atoms with Crippen molar-refractivity contribution in [2.75, 3.05) is 17.6 Å². The molecule has 0 fully saturated rings. The fourth-order valence-electron chi connectivity index (χ4n) is 2.35. The largest absolute Gasteiger partial charge is 0.396 e. The summed E-state index contributed by atoms with van der Waals surface area (Å²) in [6.07, 6.45) is 0. The number of halogens is 1. The van der Waals surface area contributed by atoms with Crippen LogP contribution in [-0.2, 0) is 4.79 Å². The van der Waals surface area contributed by atoms with Crippen LogP contribution >= 0.6 is 0 Å². The molecule has 1 aliphatic rings. The maximum atomic E-state index is 13.1. The average molecular weight is 313 g/mol. The minimum absolute atomic E-state index is 0.108. The van der Waals surface area contributed by atoms with E-state index in [1.807, 2.05) is 0 Å². The zero-order valence-electron chi connectivity index (χ0n) is 11.9. The molecular weight excluding hydrogens is 301 g/mol. The van der Waals surface area contributed by atoms with Gasteiger partial charge in [-0.15, -0.1) is 0 Å². The monoisotopic (exact) mass is 313 g/mol. The van der Waals surface area contributed by atoms with Crippen LogP contribution in [0, 0.1) is 5.82 Å². The van der Waals surface area contributed by atoms with E-state index in [-0.39, 0.29) is 22.5 Å². The molecule has 0 atom stereocenters. The van der Waals surface area contributed by atoms with Crippen LogP contribution in [0.15, 0.2) is 42.5 Å². The van der Waals surface area contributed by atoms with E-state index < -0.39 is 30.1 Å². The molecule has 0 aromatic heterocycles. The number of hydrogen-bond donors (Lipinski definition) is 2. The van der Waals surface area contributed by atoms with Gasteiger partial charge in [0, 0.05) is 5.69 Å². The zero-order valence-corrected chi connectivity index (χ0v) is 11.9. The lowest BCUT2D eigenvalue weighted by Gasteiger charge is -2.13. The third-order valence-corrected chi connectivity index (χ3v) is 3.46. The fourth-order valence-corrected chi connectivity index (χ4v) is 2.35. The van der Waals surface area contributed by atoms with Crippen LogP contribution < -0.4 is 11.1 Å². The van der Waals surface area contributed by atoms with Crippen LogP contribution in [0.4, 0.5) is 15.8 Å². The lowest BCUT2D eigenvalue weighted by Crippen LogP contribution is -2.37. The van der Waals surface area contributed by atoms with Crippen LogP contribution in [0.25, 0.3) is 0 Å². The van der Waals surface area contributed by atoms with Crippen molar-refractivity contribution in [2.45, 2.75) is 0 Å². The highest BCUT2D eigenvalue weighted by molar-refractivity contribution is 6.22. The van der Waals surface area contributed by atoms with Gasteiger partial charge in [-0.2, -0.15) is 0 Å². The second-order valence-electron chi connectivity index (χ2n) is 5.03. The van der Waals surface area contributed by atoms with E-state index in [9.17, 15) is 18.8 Å². The number of nitrogens with zero attached hydrogens (tertiary/aromatic N) is 1. The Bertz CT molecular complexity index is 800. The summed E-state index contributed by atoms with van der Waals surface area (Å²) in [5.41, 5.74) is 6.14. The first-order chi connectivity index (χ1) is 11.0. The normalized spacial score (nSPS) is 13.2. The van der Waals surface area contributed by atoms with Crippen molar-refractivity contribution in [3.8, 4) is 0 Å². The van der Waals surface area contributed by atoms with Gasteiger partial charge in [0.25, 0.3) is 11.8 Å². The third kappa shape index (κ3) is 2.64. The first-order valence-corrected chi connectivity index (χ1v) is 6.77. The molecule has 0 radical (unpaired) electrons. The Kier molecular flexibility index (Phi) is 3.53. The summed E-state index contributed by atoms with van der Waals surface area (Å²) in [5.74, 6) is -2.20. The average Bonchev–Trinajstić information content (AvgIpc) is 2.76. The Morgan fingerprint density at radius 3 is 2.26 bits per heavy atom. The minimum Gasteiger partial charge on any atom is -0.396 e. The van der Waals surface area contributed by atoms with Crippen molar-refractivity contribution in [1.29, 1.82) is 0 Å². The number of fused-ring (bicyclic) bond motifs is 1. The first kappa shape index (κ1) is 14.7. The number of amides is 3. The number of imide groups is 1. The predicted octanol–water partition coefficient (Wildman–Crippen LogP) is 1.64. The lowest BCUT2D eigenvalue weighted by molar-refractivity contribution is -0.116. The smallest absolute Gasteiger partial charge is 0.262 e. The lowest BCUT2D eigenvalue weighted by atomic mass is 10.1. The van der Waals surface area contributed by atoms with Gasteiger partial charge in [0.1, 0.15) is 12.4 Å². The summed E-state index contributed by atoms with van der Waals surface area (Å²) < 4.78 is 13.1. The molecule has 0 unspecified atom stereocenters. The van der Waals surface area contributed by atoms with Crippen molar-refractivity contribution in [1.82, 2.24) is 4.90 Å². The molecule has 0 bridgehead atoms. The molecule has 7 heteroatoms. The van der Waals surface area contributed by atoms with Gasteiger partial charge in [-0.1, -0.05) is 12.1 Å². The van der Waals surface area contributed by atoms with E-state index in [1.54, 1.807) is 12.1 Å². The van der Waals surface area contributed by atoms with Gasteiger partial charge < -0.3 is 11.1 Å². The van der Waals surface area contributed by atoms with Crippen LogP contribution in [-0.4, -0.2) is 29.2 Å². The maximum Gasteiger partial charge on any atom is 0.262 e. The van der Waals surface area contributed by atoms with E-state index in [0.717, 1.165) is 11.0 Å². The van der Waals surface area contributed by atoms with Gasteiger partial charge in [-0.3, -0.25) is 19.3 Å². The summed E-state index contributed by atoms with van der Waals surface area (Å²) in [6.45, 7) is -0.427. The molecule has 3 rings (SSSR count). The van der Waals surface area contributed by atoms with E-state index in [0.29, 0.717) is 0 Å². The van der Waals surface area contributed by atoms with Crippen LogP contribution in [0.2, 0.25) is 0 Å². The third-order valence-electron chi connectivity index (χ3n) is 3.46. The molecule has 6 nitrogen and oxygen atoms in total. The Morgan fingerprint density at radius 1 is 1.09 bits per heavy atom. The van der Waals surface area contributed by atoms with Crippen LogP contribution in [0.5, 0.6) is 0 Å². The second-order valence-corrected chi connectivity index (χ2v) is 5.03. The summed E-state index contributed by atoms with van der Waals surface area (Å²) in [7, 11) is 0. The summed E-state index contributed by atoms with van der Waals surface area (Å²) in [5, 5.41) is 2.47. The Hall–Kier alpha value is -3.22. The number of hydrogen-bond acceptors (Lipinski definition) is 4. The fraction of sp³-hybridized carbons (Fsp3) is 0.0625. The highest BCUT2D eigenvalue weighted by Crippen LogP contribution is 2.22. The number of carbonyl (C=O) groups is 3. The Balaban J connectivity index is 1.73. The van der Waals surface area contributed by atoms with Gasteiger partial charge in [-0.25, -0.2) is 4.39 Å². The minimum atomic E-state index is -0.594. The molecule has 23 heavy (non-hydrogen) atoms. The molecule has 0 aliphatic carbocycles. The maximum absolute atomic E-state index is 13.1. The van der Waals surface area contributed by atoms with Crippen LogP contribution in [0.1, 0.15) is 20.7 Å². The number of nitrogen functional groups attached to an aromatic ring is 1. The van der Waals surface area contributed by atoms with E-state index in [1.165, 1.54) is 24.3 Å². The predicted molar refractivity (Wildman–Crippen MR) is 81.3 cm³/mol. The van der Waals surface area contributed by atoms with Crippen molar-refractivity contribution in [3.63, 3.8) is 0 Å². The number of carbonyl (C=O) groups excluding carboxylic acids is 3. The molecular formula is C16H12FN3O3. The molecule has 1 heterocycles. The summed E-state index contributed by atoms with van der Waals surface area (Å²) in [6, 6.07) is 10.1. The van der Waals surface area contributed by atoms with Crippen molar-refractivity contribution in [2.24, 2.45) is 0 Å². The molecule has 2 aromatic rings. The van der Waals surface area contributed by atoms with E-state index >= 15 is 0 Å². The number of nitrogens with one attached hydrogen (secondary N) is 1. The number of nitrogens with two attached hydrogens (primary N) is 1. The van der Waals surface area contributed by atoms with Crippen molar-refractivity contribution in [3.05, 3.63) is 59.4 Å². The molecule has 3 N–H and O–H groups in total. The van der Waals surface area contributed by atoms with Gasteiger partial charge in [0.05, 0.1) is 16.8 Å². The molecule has 0 saturated carbocycles. The molecule has 2 aromatic carbocycles. The molecule has 0 spiro atoms. The van der Waals surface area contributed by atoms with Crippen molar-refractivity contribution >= 4 is 29.1 Å². The van der Waals surface area contributed by atoms with E-state index in [4.69, 9.17) is 5.73 Å². The molecule has 0 saturated heterocycles. The van der Waals surface area contributed by atoms with E-state index in [2.05, 4.69) is 5.32 Å². The molecule has 116 valence electrons. The van der Waals surface area contributed by atoms with Gasteiger partial charge >= 0.3 is 0 Å². The Morgan fingerprint density at radius 2 is 1.70 bits per heavy atom. The number of benzene rings is 2. The summed E-state index contributed by atoms with van der Waals surface area (Å²) >= 11 is 0. The SMILES string of the molecule is Nc1cc(NC(=O)CN2C(=O)c3ccccc3C2=O)ccc1F. The summed E-state index contributed by atoms with van der Waals surface area (Å²) in [4.78, 5) is 37.2. The molecule has 3 amide bonds. The first-order valence-electron chi connectivity index (χ1n) is 6.77. The highest BCUT2D eigenvalue weighted by Gasteiger charge is 2.36. The standard InChI is InChI=1S/C16H12FN3O3/c17-12-6-5-9(7-13(12)18)19-14(21)8-20-15(22)10-3-1-2-4-11(10)16(20)23/h1-7H,8,18H2,(H,19,21). The Labute approximate surface area is 130 Å². The number of rotatable bonds is 3. The van der Waals surface area contributed by atoms with Crippen molar-refractivity contribution < 1.29 is 18.8 Å². The van der Waals surface area contributed by atoms with Gasteiger partial charge in [0.15, 0.2) is 0 Å². The second kappa shape index (κ2) is 5.53. The topological polar surface area (TPSA) is 92.5 Å². The zero-order chi connectivity index (χ0) is 16.6. The quantitative estimate of drug-likeness (QED) is 0.665. The van der Waals surface area contributed by atoms with Gasteiger partial charge in [-0.05, 0) is 30.3 Å².